The van der Waals surface area contributed by atoms with Crippen LogP contribution in [0.15, 0.2) is 36.5 Å². The highest BCUT2D eigenvalue weighted by molar-refractivity contribution is 6.01. The van der Waals surface area contributed by atoms with Crippen molar-refractivity contribution in [2.24, 2.45) is 0 Å². The highest BCUT2D eigenvalue weighted by Crippen LogP contribution is 2.31. The number of nitriles is 1. The molecule has 156 valence electrons. The van der Waals surface area contributed by atoms with E-state index in [-0.39, 0.29) is 29.3 Å². The number of anilines is 1. The van der Waals surface area contributed by atoms with E-state index in [2.05, 4.69) is 15.4 Å². The highest BCUT2D eigenvalue weighted by Gasteiger charge is 2.28. The number of piperidine rings is 1. The van der Waals surface area contributed by atoms with Crippen molar-refractivity contribution in [1.29, 1.82) is 5.26 Å². The SMILES string of the molecule is N#Cc1cccc(F)c1-c1cc(-n2ccc(N3CCC[C@@H](O)C3)n2)c2c(n1)CNC2=O. The highest BCUT2D eigenvalue weighted by atomic mass is 19.1. The number of aliphatic hydroxyl groups is 1. The van der Waals surface area contributed by atoms with E-state index in [1.807, 2.05) is 17.0 Å². The molecule has 1 amide bonds. The number of nitrogens with zero attached hydrogens (tertiary/aromatic N) is 5. The summed E-state index contributed by atoms with van der Waals surface area (Å²) in [6, 6.07) is 9.70. The second-order valence-corrected chi connectivity index (χ2v) is 7.67. The van der Waals surface area contributed by atoms with Gasteiger partial charge in [-0.05, 0) is 31.0 Å². The Morgan fingerprint density at radius 2 is 2.16 bits per heavy atom. The van der Waals surface area contributed by atoms with Gasteiger partial charge in [-0.1, -0.05) is 6.07 Å². The molecule has 0 bridgehead atoms. The van der Waals surface area contributed by atoms with Gasteiger partial charge in [0, 0.05) is 25.4 Å². The lowest BCUT2D eigenvalue weighted by atomic mass is 10.0. The van der Waals surface area contributed by atoms with E-state index >= 15 is 0 Å². The standard InChI is InChI=1S/C22H19FN6O2/c23-15-5-1-3-13(10-24)20(15)16-9-18(21-17(26-16)11-25-22(21)31)29-8-6-19(27-29)28-7-2-4-14(30)12-28/h1,3,5-6,8-9,14,30H,2,4,7,11-12H2,(H,25,31)/t14-/m1/s1. The fourth-order valence-electron chi connectivity index (χ4n) is 4.18. The number of rotatable bonds is 3. The van der Waals surface area contributed by atoms with Crippen molar-refractivity contribution in [1.82, 2.24) is 20.1 Å². The molecular formula is C22H19FN6O2. The van der Waals surface area contributed by atoms with Crippen LogP contribution in [0.3, 0.4) is 0 Å². The first kappa shape index (κ1) is 19.2. The molecule has 0 unspecified atom stereocenters. The first-order valence-electron chi connectivity index (χ1n) is 10.1. The van der Waals surface area contributed by atoms with Gasteiger partial charge in [0.15, 0.2) is 5.82 Å². The van der Waals surface area contributed by atoms with Crippen LogP contribution in [0, 0.1) is 17.1 Å². The van der Waals surface area contributed by atoms with E-state index in [4.69, 9.17) is 0 Å². The number of aromatic nitrogens is 3. The van der Waals surface area contributed by atoms with Gasteiger partial charge in [-0.2, -0.15) is 10.4 Å². The van der Waals surface area contributed by atoms with Crippen molar-refractivity contribution in [2.75, 3.05) is 18.0 Å². The molecule has 2 aromatic heterocycles. The number of hydrogen-bond donors (Lipinski definition) is 2. The van der Waals surface area contributed by atoms with E-state index < -0.39 is 11.9 Å². The zero-order valence-electron chi connectivity index (χ0n) is 16.5. The predicted molar refractivity (Wildman–Crippen MR) is 110 cm³/mol. The average Bonchev–Trinajstić information content (AvgIpc) is 3.40. The van der Waals surface area contributed by atoms with E-state index in [1.165, 1.54) is 18.2 Å². The first-order chi connectivity index (χ1) is 15.0. The molecule has 0 spiro atoms. The summed E-state index contributed by atoms with van der Waals surface area (Å²) in [6.07, 6.45) is 2.97. The number of carbonyl (C=O) groups excluding carboxylic acids is 1. The third-order valence-corrected chi connectivity index (χ3v) is 5.65. The Labute approximate surface area is 177 Å². The van der Waals surface area contributed by atoms with Crippen molar-refractivity contribution >= 4 is 11.7 Å². The molecule has 2 aliphatic heterocycles. The van der Waals surface area contributed by atoms with E-state index in [0.717, 1.165) is 19.4 Å². The van der Waals surface area contributed by atoms with E-state index in [9.17, 15) is 19.6 Å². The molecule has 8 nitrogen and oxygen atoms in total. The van der Waals surface area contributed by atoms with Gasteiger partial charge < -0.3 is 15.3 Å². The van der Waals surface area contributed by atoms with Gasteiger partial charge in [0.05, 0.1) is 52.5 Å². The Hall–Kier alpha value is -3.77. The second kappa shape index (κ2) is 7.49. The lowest BCUT2D eigenvalue weighted by Crippen LogP contribution is -2.38. The van der Waals surface area contributed by atoms with Crippen LogP contribution in [0.25, 0.3) is 16.9 Å². The van der Waals surface area contributed by atoms with Gasteiger partial charge in [0.2, 0.25) is 0 Å². The first-order valence-corrected chi connectivity index (χ1v) is 10.1. The Bertz CT molecular complexity index is 1230. The summed E-state index contributed by atoms with van der Waals surface area (Å²) < 4.78 is 16.2. The zero-order valence-corrected chi connectivity index (χ0v) is 16.5. The summed E-state index contributed by atoms with van der Waals surface area (Å²) in [5.74, 6) is -0.144. The minimum absolute atomic E-state index is 0.0972. The molecule has 5 rings (SSSR count). The van der Waals surface area contributed by atoms with E-state index in [0.29, 0.717) is 29.3 Å². The number of aliphatic hydroxyl groups excluding tert-OH is 1. The average molecular weight is 418 g/mol. The monoisotopic (exact) mass is 418 g/mol. The molecule has 0 saturated carbocycles. The normalized spacial score (nSPS) is 17.9. The van der Waals surface area contributed by atoms with Crippen LogP contribution in [-0.4, -0.2) is 45.0 Å². The molecule has 31 heavy (non-hydrogen) atoms. The topological polar surface area (TPSA) is 107 Å². The van der Waals surface area contributed by atoms with Crippen LogP contribution < -0.4 is 10.2 Å². The molecule has 2 aliphatic rings. The summed E-state index contributed by atoms with van der Waals surface area (Å²) in [7, 11) is 0. The largest absolute Gasteiger partial charge is 0.391 e. The Kier molecular flexibility index (Phi) is 4.64. The molecule has 0 aliphatic carbocycles. The lowest BCUT2D eigenvalue weighted by Gasteiger charge is -2.29. The number of pyridine rings is 1. The van der Waals surface area contributed by atoms with Gasteiger partial charge in [-0.3, -0.25) is 4.79 Å². The van der Waals surface area contributed by atoms with Gasteiger partial charge in [0.25, 0.3) is 5.91 Å². The fourth-order valence-corrected chi connectivity index (χ4v) is 4.18. The maximum absolute atomic E-state index is 14.6. The molecule has 1 saturated heterocycles. The van der Waals surface area contributed by atoms with Crippen molar-refractivity contribution in [3.05, 3.63) is 59.2 Å². The molecule has 9 heteroatoms. The number of halogens is 1. The van der Waals surface area contributed by atoms with E-state index in [1.54, 1.807) is 16.9 Å². The molecule has 0 radical (unpaired) electrons. The van der Waals surface area contributed by atoms with Crippen LogP contribution in [0.2, 0.25) is 0 Å². The molecule has 1 fully saturated rings. The maximum Gasteiger partial charge on any atom is 0.255 e. The van der Waals surface area contributed by atoms with Crippen LogP contribution in [0.5, 0.6) is 0 Å². The number of hydrogen-bond acceptors (Lipinski definition) is 6. The van der Waals surface area contributed by atoms with Gasteiger partial charge in [-0.15, -0.1) is 0 Å². The molecule has 4 heterocycles. The van der Waals surface area contributed by atoms with Crippen molar-refractivity contribution in [3.63, 3.8) is 0 Å². The summed E-state index contributed by atoms with van der Waals surface area (Å²) in [6.45, 7) is 1.50. The van der Waals surface area contributed by atoms with Crippen LogP contribution in [0.1, 0.15) is 34.5 Å². The number of β-amino-alcohol motifs (C(OH)–C–C–N with tert-alkyl or cyclic N) is 1. The lowest BCUT2D eigenvalue weighted by molar-refractivity contribution is 0.0965. The second-order valence-electron chi connectivity index (χ2n) is 7.67. The molecular weight excluding hydrogens is 399 g/mol. The zero-order chi connectivity index (χ0) is 21.5. The number of benzene rings is 1. The van der Waals surface area contributed by atoms with Gasteiger partial charge in [0.1, 0.15) is 5.82 Å². The molecule has 1 aromatic carbocycles. The Morgan fingerprint density at radius 3 is 2.97 bits per heavy atom. The minimum atomic E-state index is -0.557. The number of nitrogens with one attached hydrogen (secondary N) is 1. The number of carbonyl (C=O) groups is 1. The Balaban J connectivity index is 1.63. The fraction of sp³-hybridized carbons (Fsp3) is 0.273. The molecule has 2 N–H and O–H groups in total. The predicted octanol–water partition coefficient (Wildman–Crippen LogP) is 2.15. The number of amides is 1. The van der Waals surface area contributed by atoms with Crippen LogP contribution in [-0.2, 0) is 6.54 Å². The van der Waals surface area contributed by atoms with Crippen molar-refractivity contribution in [2.45, 2.75) is 25.5 Å². The minimum Gasteiger partial charge on any atom is -0.391 e. The van der Waals surface area contributed by atoms with Crippen LogP contribution >= 0.6 is 0 Å². The molecule has 1 atom stereocenters. The summed E-state index contributed by atoms with van der Waals surface area (Å²) >= 11 is 0. The van der Waals surface area contributed by atoms with Gasteiger partial charge in [-0.25, -0.2) is 14.1 Å². The Morgan fingerprint density at radius 1 is 1.29 bits per heavy atom. The molecule has 3 aromatic rings. The van der Waals surface area contributed by atoms with Gasteiger partial charge >= 0.3 is 0 Å². The van der Waals surface area contributed by atoms with Crippen LogP contribution in [0.4, 0.5) is 10.2 Å². The summed E-state index contributed by atoms with van der Waals surface area (Å²) in [4.78, 5) is 19.0. The smallest absolute Gasteiger partial charge is 0.255 e. The maximum atomic E-state index is 14.6. The third-order valence-electron chi connectivity index (χ3n) is 5.65. The quantitative estimate of drug-likeness (QED) is 0.675. The van der Waals surface area contributed by atoms with Crippen molar-refractivity contribution < 1.29 is 14.3 Å². The number of fused-ring (bicyclic) bond motifs is 1. The third kappa shape index (κ3) is 3.31. The summed E-state index contributed by atoms with van der Waals surface area (Å²) in [5.41, 5.74) is 1.86. The summed E-state index contributed by atoms with van der Waals surface area (Å²) in [5, 5.41) is 26.8. The van der Waals surface area contributed by atoms with Crippen molar-refractivity contribution in [3.8, 4) is 23.0 Å².